The molecule has 0 aliphatic rings. The maximum atomic E-state index is 14.0. The topological polar surface area (TPSA) is 3.24 Å². The van der Waals surface area contributed by atoms with Crippen LogP contribution in [0.1, 0.15) is 0 Å². The molecule has 8 aromatic carbocycles. The van der Waals surface area contributed by atoms with Crippen molar-refractivity contribution in [3.05, 3.63) is 188 Å². The van der Waals surface area contributed by atoms with Crippen molar-refractivity contribution in [1.29, 1.82) is 0 Å². The van der Waals surface area contributed by atoms with Crippen LogP contribution in [-0.2, 0) is 0 Å². The molecule has 8 aromatic rings. The Balaban J connectivity index is 1.29. The molecule has 0 amide bonds. The normalized spacial score (nSPS) is 11.2. The Bertz CT molecular complexity index is 2270. The van der Waals surface area contributed by atoms with Crippen LogP contribution in [0, 0.1) is 5.82 Å². The highest BCUT2D eigenvalue weighted by atomic mass is 19.1. The molecule has 0 aliphatic carbocycles. The van der Waals surface area contributed by atoms with Crippen LogP contribution in [0.4, 0.5) is 21.5 Å². The standard InChI is InChI=1S/C44H30FN/c45-35-23-29-38(30-24-35)46(36-25-19-32(20-26-36)31-11-3-1-4-12-31)37-27-21-34(22-28-37)44-42-18-10-8-16-40(42)39-15-7-9-17-41(39)43(44)33-13-5-2-6-14-33/h1-30H. The fourth-order valence-corrected chi connectivity index (χ4v) is 6.59. The molecule has 0 N–H and O–H groups in total. The molecule has 0 aromatic heterocycles. The second-order valence-corrected chi connectivity index (χ2v) is 11.5. The summed E-state index contributed by atoms with van der Waals surface area (Å²) >= 11 is 0. The second kappa shape index (κ2) is 11.8. The molecular weight excluding hydrogens is 561 g/mol. The van der Waals surface area contributed by atoms with Crippen LogP contribution in [0.2, 0.25) is 0 Å². The van der Waals surface area contributed by atoms with Gasteiger partial charge in [0.1, 0.15) is 5.82 Å². The van der Waals surface area contributed by atoms with Gasteiger partial charge in [0, 0.05) is 17.1 Å². The SMILES string of the molecule is Fc1ccc(N(c2ccc(-c3ccccc3)cc2)c2ccc(-c3c(-c4ccccc4)c4ccccc4c4ccccc34)cc2)cc1. The molecule has 0 radical (unpaired) electrons. The molecule has 1 nitrogen and oxygen atoms in total. The third-order valence-electron chi connectivity index (χ3n) is 8.73. The first kappa shape index (κ1) is 27.6. The van der Waals surface area contributed by atoms with Crippen LogP contribution >= 0.6 is 0 Å². The van der Waals surface area contributed by atoms with Crippen molar-refractivity contribution in [2.75, 3.05) is 4.90 Å². The van der Waals surface area contributed by atoms with E-state index in [1.54, 1.807) is 0 Å². The van der Waals surface area contributed by atoms with Gasteiger partial charge in [0.25, 0.3) is 0 Å². The lowest BCUT2D eigenvalue weighted by molar-refractivity contribution is 0.628. The van der Waals surface area contributed by atoms with Crippen molar-refractivity contribution in [2.45, 2.75) is 0 Å². The van der Waals surface area contributed by atoms with Gasteiger partial charge in [0.15, 0.2) is 0 Å². The molecule has 218 valence electrons. The Morgan fingerprint density at radius 1 is 0.283 bits per heavy atom. The van der Waals surface area contributed by atoms with Crippen LogP contribution < -0.4 is 4.90 Å². The first-order valence-corrected chi connectivity index (χ1v) is 15.5. The van der Waals surface area contributed by atoms with Crippen molar-refractivity contribution >= 4 is 38.6 Å². The number of hydrogen-bond donors (Lipinski definition) is 0. The molecule has 0 saturated heterocycles. The summed E-state index contributed by atoms with van der Waals surface area (Å²) in [5.74, 6) is -0.255. The number of anilines is 3. The molecular formula is C44H30FN. The predicted molar refractivity (Wildman–Crippen MR) is 192 cm³/mol. The van der Waals surface area contributed by atoms with Crippen molar-refractivity contribution in [3.63, 3.8) is 0 Å². The Hall–Kier alpha value is -5.99. The summed E-state index contributed by atoms with van der Waals surface area (Å²) in [4.78, 5) is 2.18. The van der Waals surface area contributed by atoms with Gasteiger partial charge in [-0.25, -0.2) is 4.39 Å². The van der Waals surface area contributed by atoms with Crippen LogP contribution in [0.5, 0.6) is 0 Å². The summed E-state index contributed by atoms with van der Waals surface area (Å²) < 4.78 is 14.0. The third-order valence-corrected chi connectivity index (χ3v) is 8.73. The van der Waals surface area contributed by atoms with Gasteiger partial charge in [0.05, 0.1) is 0 Å². The van der Waals surface area contributed by atoms with E-state index < -0.39 is 0 Å². The van der Waals surface area contributed by atoms with Crippen LogP contribution in [0.3, 0.4) is 0 Å². The van der Waals surface area contributed by atoms with Gasteiger partial charge in [-0.1, -0.05) is 133 Å². The Morgan fingerprint density at radius 3 is 1.09 bits per heavy atom. The highest BCUT2D eigenvalue weighted by molar-refractivity contribution is 6.21. The number of rotatable bonds is 6. The molecule has 0 aliphatic heterocycles. The van der Waals surface area contributed by atoms with Gasteiger partial charge in [-0.05, 0) is 103 Å². The summed E-state index contributed by atoms with van der Waals surface area (Å²) in [5.41, 5.74) is 9.98. The zero-order chi connectivity index (χ0) is 30.9. The van der Waals surface area contributed by atoms with E-state index in [9.17, 15) is 4.39 Å². The molecule has 0 spiro atoms. The molecule has 0 atom stereocenters. The monoisotopic (exact) mass is 591 g/mol. The van der Waals surface area contributed by atoms with Crippen LogP contribution in [0.25, 0.3) is 54.9 Å². The maximum Gasteiger partial charge on any atom is 0.123 e. The van der Waals surface area contributed by atoms with Crippen LogP contribution in [0.15, 0.2) is 182 Å². The third kappa shape index (κ3) is 5.00. The minimum Gasteiger partial charge on any atom is -0.311 e. The largest absolute Gasteiger partial charge is 0.311 e. The van der Waals surface area contributed by atoms with E-state index in [0.29, 0.717) is 0 Å². The molecule has 2 heteroatoms. The Morgan fingerprint density at radius 2 is 0.609 bits per heavy atom. The molecule has 0 bridgehead atoms. The highest BCUT2D eigenvalue weighted by Crippen LogP contribution is 2.45. The second-order valence-electron chi connectivity index (χ2n) is 11.5. The number of benzene rings is 8. The van der Waals surface area contributed by atoms with E-state index in [0.717, 1.165) is 28.2 Å². The lowest BCUT2D eigenvalue weighted by Gasteiger charge is -2.26. The molecule has 0 unspecified atom stereocenters. The van der Waals surface area contributed by atoms with Crippen molar-refractivity contribution in [2.24, 2.45) is 0 Å². The maximum absolute atomic E-state index is 14.0. The summed E-state index contributed by atoms with van der Waals surface area (Å²) in [7, 11) is 0. The molecule has 0 fully saturated rings. The first-order valence-electron chi connectivity index (χ1n) is 15.5. The van der Waals surface area contributed by atoms with Gasteiger partial charge in [-0.15, -0.1) is 0 Å². The van der Waals surface area contributed by atoms with E-state index in [1.807, 2.05) is 18.2 Å². The van der Waals surface area contributed by atoms with E-state index in [-0.39, 0.29) is 5.82 Å². The quantitative estimate of drug-likeness (QED) is 0.174. The van der Waals surface area contributed by atoms with Gasteiger partial charge < -0.3 is 4.90 Å². The van der Waals surface area contributed by atoms with Gasteiger partial charge in [0.2, 0.25) is 0 Å². The average Bonchev–Trinajstić information content (AvgIpc) is 3.13. The molecule has 46 heavy (non-hydrogen) atoms. The minimum atomic E-state index is -0.255. The number of nitrogens with zero attached hydrogens (tertiary/aromatic N) is 1. The smallest absolute Gasteiger partial charge is 0.123 e. The zero-order valence-electron chi connectivity index (χ0n) is 25.1. The minimum absolute atomic E-state index is 0.255. The lowest BCUT2D eigenvalue weighted by atomic mass is 9.85. The van der Waals surface area contributed by atoms with Crippen molar-refractivity contribution in [3.8, 4) is 33.4 Å². The van der Waals surface area contributed by atoms with Crippen LogP contribution in [-0.4, -0.2) is 0 Å². The van der Waals surface area contributed by atoms with E-state index in [2.05, 4.69) is 157 Å². The van der Waals surface area contributed by atoms with E-state index in [4.69, 9.17) is 0 Å². The van der Waals surface area contributed by atoms with E-state index >= 15 is 0 Å². The highest BCUT2D eigenvalue weighted by Gasteiger charge is 2.19. The first-order chi connectivity index (χ1) is 22.7. The number of halogens is 1. The number of hydrogen-bond acceptors (Lipinski definition) is 1. The number of fused-ring (bicyclic) bond motifs is 3. The molecule has 8 rings (SSSR count). The lowest BCUT2D eigenvalue weighted by Crippen LogP contribution is -2.09. The summed E-state index contributed by atoms with van der Waals surface area (Å²) in [5, 5.41) is 4.94. The van der Waals surface area contributed by atoms with Crippen molar-refractivity contribution in [1.82, 2.24) is 0 Å². The summed E-state index contributed by atoms with van der Waals surface area (Å²) in [6.45, 7) is 0. The fraction of sp³-hybridized carbons (Fsp3) is 0. The predicted octanol–water partition coefficient (Wildman–Crippen LogP) is 12.6. The van der Waals surface area contributed by atoms with Gasteiger partial charge >= 0.3 is 0 Å². The molecule has 0 heterocycles. The summed E-state index contributed by atoms with van der Waals surface area (Å²) in [6.07, 6.45) is 0. The molecule has 0 saturated carbocycles. The van der Waals surface area contributed by atoms with E-state index in [1.165, 1.54) is 55.9 Å². The Labute approximate surface area is 268 Å². The fourth-order valence-electron chi connectivity index (χ4n) is 6.59. The Kier molecular flexibility index (Phi) is 7.09. The summed E-state index contributed by atoms with van der Waals surface area (Å²) in [6, 6.07) is 62.5. The van der Waals surface area contributed by atoms with Gasteiger partial charge in [-0.2, -0.15) is 0 Å². The van der Waals surface area contributed by atoms with Gasteiger partial charge in [-0.3, -0.25) is 0 Å². The van der Waals surface area contributed by atoms with Crippen molar-refractivity contribution < 1.29 is 4.39 Å². The average molecular weight is 592 g/mol. The zero-order valence-corrected chi connectivity index (χ0v) is 25.1.